The lowest BCUT2D eigenvalue weighted by Crippen LogP contribution is -2.35. The Balaban J connectivity index is 2.11. The number of fused-ring (bicyclic) bond motifs is 10. The first-order chi connectivity index (χ1) is 19.6. The van der Waals surface area contributed by atoms with E-state index >= 15 is 0 Å². The molecule has 5 rings (SSSR count). The van der Waals surface area contributed by atoms with E-state index in [-0.39, 0.29) is 18.6 Å². The molecule has 0 spiro atoms. The Hall–Kier alpha value is -3.60. The smallest absolute Gasteiger partial charge is 0.141 e. The maximum Gasteiger partial charge on any atom is 0.141 e. The van der Waals surface area contributed by atoms with Gasteiger partial charge in [0.05, 0.1) is 39.9 Å². The van der Waals surface area contributed by atoms with E-state index in [0.29, 0.717) is 0 Å². The molecule has 2 aliphatic heterocycles. The molecule has 9 heteroatoms. The number of nitrogens with zero attached hydrogens (tertiary/aromatic N) is 4. The van der Waals surface area contributed by atoms with Gasteiger partial charge in [-0.3, -0.25) is 5.73 Å². The van der Waals surface area contributed by atoms with Crippen molar-refractivity contribution in [3.63, 3.8) is 0 Å². The fraction of sp³-hybridized carbons (Fsp3) is 0.375. The summed E-state index contributed by atoms with van der Waals surface area (Å²) in [6, 6.07) is 12.3. The van der Waals surface area contributed by atoms with Gasteiger partial charge >= 0.3 is 0 Å². The lowest BCUT2D eigenvalue weighted by molar-refractivity contribution is 0.00860. The van der Waals surface area contributed by atoms with E-state index in [2.05, 4.69) is 27.3 Å². The highest BCUT2D eigenvalue weighted by Crippen LogP contribution is 2.39. The minimum Gasteiger partial charge on any atom is -0.377 e. The zero-order valence-corrected chi connectivity index (χ0v) is 25.0. The SMILES string of the molecule is COC(C)c1cc2ccc3nc(c4nc(ccc5cc(C(C)(N)OC)c(c1n2C(C)OC)n5C(C)OC)C=C4)C=C3. The highest BCUT2D eigenvalue weighted by Gasteiger charge is 2.30. The maximum atomic E-state index is 6.84. The number of nitrogens with two attached hydrogens (primary N) is 1. The van der Waals surface area contributed by atoms with Gasteiger partial charge in [0.15, 0.2) is 0 Å². The van der Waals surface area contributed by atoms with Gasteiger partial charge in [-0.2, -0.15) is 0 Å². The molecule has 4 atom stereocenters. The molecule has 2 aliphatic rings. The molecule has 0 fully saturated rings. The lowest BCUT2D eigenvalue weighted by atomic mass is 10.0. The van der Waals surface area contributed by atoms with Crippen LogP contribution in [0.15, 0.2) is 36.4 Å². The van der Waals surface area contributed by atoms with Crippen molar-refractivity contribution in [1.29, 1.82) is 0 Å². The van der Waals surface area contributed by atoms with Crippen LogP contribution in [0.1, 0.15) is 80.2 Å². The predicted octanol–water partition coefficient (Wildman–Crippen LogP) is 6.42. The Kier molecular flexibility index (Phi) is 8.00. The predicted molar refractivity (Wildman–Crippen MR) is 164 cm³/mol. The summed E-state index contributed by atoms with van der Waals surface area (Å²) in [6.45, 7) is 7.92. The fourth-order valence-electron chi connectivity index (χ4n) is 5.35. The van der Waals surface area contributed by atoms with Crippen LogP contribution in [0.4, 0.5) is 0 Å². The van der Waals surface area contributed by atoms with E-state index in [1.807, 2.05) is 70.2 Å². The van der Waals surface area contributed by atoms with Crippen LogP contribution >= 0.6 is 0 Å². The third-order valence-corrected chi connectivity index (χ3v) is 7.98. The standard InChI is InChI=1S/C32H39N5O4/c1-19(38-5)26-17-24-13-9-22-11-15-28(34-22)29-16-12-23(35-29)10-14-25-18-27(32(4,33)41-8)31(37(25)21(3)40-7)30(26)36(24)20(2)39-6/h9-21H,33H2,1-8H3. The number of hydrogen-bond donors (Lipinski definition) is 1. The molecule has 0 radical (unpaired) electrons. The zero-order chi connectivity index (χ0) is 29.5. The van der Waals surface area contributed by atoms with Crippen LogP contribution in [0.5, 0.6) is 0 Å². The summed E-state index contributed by atoms with van der Waals surface area (Å²) >= 11 is 0. The summed E-state index contributed by atoms with van der Waals surface area (Å²) in [6.07, 6.45) is 7.05. The molecule has 9 nitrogen and oxygen atoms in total. The molecule has 0 saturated carbocycles. The van der Waals surface area contributed by atoms with E-state index < -0.39 is 5.72 Å². The Bertz CT molecular complexity index is 1680. The summed E-state index contributed by atoms with van der Waals surface area (Å²) in [4.78, 5) is 9.61. The molecule has 0 amide bonds. The quantitative estimate of drug-likeness (QED) is 0.220. The number of aromatic nitrogens is 4. The van der Waals surface area contributed by atoms with E-state index in [1.54, 1.807) is 28.4 Å². The lowest BCUT2D eigenvalue weighted by Gasteiger charge is -2.25. The third-order valence-electron chi connectivity index (χ3n) is 7.98. The minimum absolute atomic E-state index is 0.237. The van der Waals surface area contributed by atoms with Crippen LogP contribution in [0.2, 0.25) is 0 Å². The van der Waals surface area contributed by atoms with Crippen LogP contribution in [0, 0.1) is 0 Å². The molecule has 0 aliphatic carbocycles. The van der Waals surface area contributed by atoms with Crippen molar-refractivity contribution in [2.45, 2.75) is 52.0 Å². The van der Waals surface area contributed by atoms with Gasteiger partial charge in [-0.1, -0.05) is 0 Å². The van der Waals surface area contributed by atoms with E-state index in [9.17, 15) is 0 Å². The summed E-state index contributed by atoms with van der Waals surface area (Å²) in [5.74, 6) is 0. The third kappa shape index (κ3) is 5.16. The Labute approximate surface area is 240 Å². The summed E-state index contributed by atoms with van der Waals surface area (Å²) in [7, 11) is 6.72. The summed E-state index contributed by atoms with van der Waals surface area (Å²) < 4.78 is 28.0. The molecule has 216 valence electrons. The van der Waals surface area contributed by atoms with Gasteiger partial charge in [-0.25, -0.2) is 9.97 Å². The second-order valence-electron chi connectivity index (χ2n) is 10.5. The van der Waals surface area contributed by atoms with Crippen molar-refractivity contribution < 1.29 is 18.9 Å². The number of rotatable bonds is 8. The molecular formula is C32H39N5O4. The van der Waals surface area contributed by atoms with Gasteiger partial charge in [0.1, 0.15) is 18.2 Å². The number of methoxy groups -OCH3 is 4. The Morgan fingerprint density at radius 1 is 0.707 bits per heavy atom. The van der Waals surface area contributed by atoms with Gasteiger partial charge in [-0.15, -0.1) is 0 Å². The maximum absolute atomic E-state index is 6.84. The molecule has 0 saturated heterocycles. The fourth-order valence-corrected chi connectivity index (χ4v) is 5.35. The van der Waals surface area contributed by atoms with E-state index in [0.717, 1.165) is 56.0 Å². The Morgan fingerprint density at radius 3 is 1.71 bits per heavy atom. The second-order valence-corrected chi connectivity index (χ2v) is 10.5. The second kappa shape index (κ2) is 11.3. The highest BCUT2D eigenvalue weighted by atomic mass is 16.5. The van der Waals surface area contributed by atoms with Gasteiger partial charge in [-0.05, 0) is 88.4 Å². The van der Waals surface area contributed by atoms with Gasteiger partial charge < -0.3 is 28.1 Å². The first-order valence-electron chi connectivity index (χ1n) is 13.7. The van der Waals surface area contributed by atoms with Gasteiger partial charge in [0.25, 0.3) is 0 Å². The first-order valence-corrected chi connectivity index (χ1v) is 13.7. The van der Waals surface area contributed by atoms with Crippen molar-refractivity contribution in [2.75, 3.05) is 28.4 Å². The van der Waals surface area contributed by atoms with Crippen LogP contribution in [0.25, 0.3) is 46.4 Å². The first kappa shape index (κ1) is 28.9. The van der Waals surface area contributed by atoms with Gasteiger partial charge in [0.2, 0.25) is 0 Å². The van der Waals surface area contributed by atoms with Crippen molar-refractivity contribution in [3.05, 3.63) is 70.3 Å². The number of hydrogen-bond acceptors (Lipinski definition) is 7. The van der Waals surface area contributed by atoms with Crippen LogP contribution in [-0.2, 0) is 24.7 Å². The van der Waals surface area contributed by atoms with Crippen LogP contribution < -0.4 is 5.73 Å². The molecule has 2 N–H and O–H groups in total. The van der Waals surface area contributed by atoms with E-state index in [4.69, 9.17) is 34.6 Å². The molecule has 0 aromatic carbocycles. The highest BCUT2D eigenvalue weighted by molar-refractivity contribution is 5.90. The summed E-state index contributed by atoms with van der Waals surface area (Å²) in [5, 5.41) is 0. The normalized spacial score (nSPS) is 16.5. The van der Waals surface area contributed by atoms with Crippen molar-refractivity contribution >= 4 is 46.4 Å². The van der Waals surface area contributed by atoms with Crippen molar-refractivity contribution in [2.24, 2.45) is 5.73 Å². The van der Waals surface area contributed by atoms with E-state index in [1.165, 1.54) is 0 Å². The monoisotopic (exact) mass is 557 g/mol. The summed E-state index contributed by atoms with van der Waals surface area (Å²) in [5.41, 5.74) is 14.4. The van der Waals surface area contributed by atoms with Crippen molar-refractivity contribution in [1.82, 2.24) is 19.1 Å². The Morgan fingerprint density at radius 2 is 1.22 bits per heavy atom. The van der Waals surface area contributed by atoms with Crippen LogP contribution in [0.3, 0.4) is 0 Å². The molecule has 3 aromatic rings. The number of ether oxygens (including phenoxy) is 4. The molecular weight excluding hydrogens is 518 g/mol. The van der Waals surface area contributed by atoms with Crippen LogP contribution in [-0.4, -0.2) is 47.5 Å². The van der Waals surface area contributed by atoms with Gasteiger partial charge in [0, 0.05) is 50.6 Å². The molecule has 4 unspecified atom stereocenters. The average Bonchev–Trinajstić information content (AvgIpc) is 3.77. The van der Waals surface area contributed by atoms with Crippen molar-refractivity contribution in [3.8, 4) is 0 Å². The molecule has 5 heterocycles. The minimum atomic E-state index is -1.12. The zero-order valence-electron chi connectivity index (χ0n) is 25.0. The molecule has 8 bridgehead atoms. The largest absolute Gasteiger partial charge is 0.377 e. The average molecular weight is 558 g/mol. The molecule has 3 aromatic heterocycles. The topological polar surface area (TPSA) is 98.6 Å². The molecule has 41 heavy (non-hydrogen) atoms.